The maximum Gasteiger partial charge on any atom is 0.270 e. The molecule has 2 fully saturated rings. The number of fused-ring (bicyclic) bond motifs is 1. The van der Waals surface area contributed by atoms with Crippen LogP contribution in [0.5, 0.6) is 0 Å². The van der Waals surface area contributed by atoms with Gasteiger partial charge in [-0.25, -0.2) is 13.8 Å². The van der Waals surface area contributed by atoms with E-state index in [4.69, 9.17) is 0 Å². The SMILES string of the molecule is O=C(NC1CCCCC1)c1cc(CN2CCC(F)(c3ccccn3)CC2)c2cccc(F)c2n1. The zero-order chi connectivity index (χ0) is 23.5. The Morgan fingerprint density at radius 2 is 1.88 bits per heavy atom. The summed E-state index contributed by atoms with van der Waals surface area (Å²) in [5, 5.41) is 3.78. The minimum Gasteiger partial charge on any atom is -0.348 e. The van der Waals surface area contributed by atoms with E-state index in [1.807, 2.05) is 12.1 Å². The average Bonchev–Trinajstić information content (AvgIpc) is 2.87. The topological polar surface area (TPSA) is 58.1 Å². The lowest BCUT2D eigenvalue weighted by atomic mass is 9.89. The van der Waals surface area contributed by atoms with E-state index in [1.54, 1.807) is 30.5 Å². The van der Waals surface area contributed by atoms with E-state index in [0.29, 0.717) is 43.6 Å². The minimum atomic E-state index is -1.44. The first-order chi connectivity index (χ1) is 16.5. The van der Waals surface area contributed by atoms with Crippen molar-refractivity contribution in [2.24, 2.45) is 0 Å². The van der Waals surface area contributed by atoms with Crippen molar-refractivity contribution in [2.45, 2.75) is 63.2 Å². The molecule has 7 heteroatoms. The van der Waals surface area contributed by atoms with Crippen LogP contribution in [0.2, 0.25) is 0 Å². The highest BCUT2D eigenvalue weighted by molar-refractivity contribution is 5.96. The van der Waals surface area contributed by atoms with Gasteiger partial charge in [0.2, 0.25) is 0 Å². The van der Waals surface area contributed by atoms with E-state index in [0.717, 1.165) is 31.2 Å². The average molecular weight is 465 g/mol. The Kier molecular flexibility index (Phi) is 6.55. The van der Waals surface area contributed by atoms with Gasteiger partial charge >= 0.3 is 0 Å². The highest BCUT2D eigenvalue weighted by Gasteiger charge is 2.37. The molecular weight excluding hydrogens is 434 g/mol. The number of piperidine rings is 1. The largest absolute Gasteiger partial charge is 0.348 e. The van der Waals surface area contributed by atoms with Crippen molar-refractivity contribution in [3.63, 3.8) is 0 Å². The van der Waals surface area contributed by atoms with E-state index < -0.39 is 11.5 Å². The van der Waals surface area contributed by atoms with Crippen LogP contribution < -0.4 is 5.32 Å². The molecule has 0 atom stereocenters. The molecule has 1 aliphatic heterocycles. The fraction of sp³-hybridized carbons (Fsp3) is 0.444. The number of amides is 1. The van der Waals surface area contributed by atoms with Crippen LogP contribution in [0, 0.1) is 5.82 Å². The van der Waals surface area contributed by atoms with Gasteiger partial charge in [0, 0.05) is 37.3 Å². The van der Waals surface area contributed by atoms with Crippen molar-refractivity contribution in [1.29, 1.82) is 0 Å². The number of hydrogen-bond donors (Lipinski definition) is 1. The molecule has 0 radical (unpaired) electrons. The van der Waals surface area contributed by atoms with Crippen LogP contribution in [0.1, 0.15) is 66.7 Å². The number of carbonyl (C=O) groups is 1. The van der Waals surface area contributed by atoms with E-state index in [2.05, 4.69) is 20.2 Å². The molecule has 3 heterocycles. The number of halogens is 2. The van der Waals surface area contributed by atoms with Gasteiger partial charge in [0.1, 0.15) is 17.0 Å². The molecule has 1 amide bonds. The number of para-hydroxylation sites is 1. The fourth-order valence-electron chi connectivity index (χ4n) is 5.23. The molecule has 1 aliphatic carbocycles. The van der Waals surface area contributed by atoms with Gasteiger partial charge in [-0.1, -0.05) is 37.5 Å². The number of alkyl halides is 1. The second kappa shape index (κ2) is 9.74. The zero-order valence-corrected chi connectivity index (χ0v) is 19.3. The molecule has 34 heavy (non-hydrogen) atoms. The molecule has 1 saturated heterocycles. The molecule has 5 nitrogen and oxygen atoms in total. The molecule has 2 aromatic heterocycles. The highest BCUT2D eigenvalue weighted by atomic mass is 19.1. The Labute approximate surface area is 198 Å². The van der Waals surface area contributed by atoms with E-state index >= 15 is 4.39 Å². The Balaban J connectivity index is 1.36. The third-order valence-corrected chi connectivity index (χ3v) is 7.22. The minimum absolute atomic E-state index is 0.147. The number of benzene rings is 1. The summed E-state index contributed by atoms with van der Waals surface area (Å²) in [5.41, 5.74) is 0.327. The normalized spacial score (nSPS) is 19.2. The first kappa shape index (κ1) is 22.8. The number of rotatable bonds is 5. The van der Waals surface area contributed by atoms with E-state index in [9.17, 15) is 9.18 Å². The third kappa shape index (κ3) is 4.80. The summed E-state index contributed by atoms with van der Waals surface area (Å²) in [5.74, 6) is -0.697. The second-order valence-corrected chi connectivity index (χ2v) is 9.57. The molecule has 0 spiro atoms. The van der Waals surface area contributed by atoms with E-state index in [-0.39, 0.29) is 23.2 Å². The number of likely N-dealkylation sites (tertiary alicyclic amines) is 1. The van der Waals surface area contributed by atoms with Crippen LogP contribution in [-0.4, -0.2) is 39.9 Å². The van der Waals surface area contributed by atoms with Crippen molar-refractivity contribution in [3.05, 3.63) is 71.4 Å². The van der Waals surface area contributed by atoms with Gasteiger partial charge < -0.3 is 5.32 Å². The number of carbonyl (C=O) groups excluding carboxylic acids is 1. The molecule has 0 unspecified atom stereocenters. The summed E-state index contributed by atoms with van der Waals surface area (Å²) in [7, 11) is 0. The van der Waals surface area contributed by atoms with Crippen molar-refractivity contribution in [2.75, 3.05) is 13.1 Å². The maximum absolute atomic E-state index is 15.5. The standard InChI is InChI=1S/C27H30F2N4O/c28-22-10-6-9-21-19(17-23(32-25(21)22)26(34)31-20-7-2-1-3-8-20)18-33-15-12-27(29,13-16-33)24-11-4-5-14-30-24/h4-6,9-11,14,17,20H,1-3,7-8,12-13,15-16,18H2,(H,31,34). The van der Waals surface area contributed by atoms with Gasteiger partial charge in [-0.05, 0) is 55.5 Å². The van der Waals surface area contributed by atoms with Gasteiger partial charge in [0.15, 0.2) is 5.67 Å². The predicted molar refractivity (Wildman–Crippen MR) is 128 cm³/mol. The number of nitrogens with zero attached hydrogens (tertiary/aromatic N) is 3. The van der Waals surface area contributed by atoms with Crippen molar-refractivity contribution in [1.82, 2.24) is 20.2 Å². The summed E-state index contributed by atoms with van der Waals surface area (Å²) in [6.07, 6.45) is 7.67. The summed E-state index contributed by atoms with van der Waals surface area (Å²) in [6, 6.07) is 12.1. The highest BCUT2D eigenvalue weighted by Crippen LogP contribution is 2.36. The van der Waals surface area contributed by atoms with Crippen molar-refractivity contribution < 1.29 is 13.6 Å². The van der Waals surface area contributed by atoms with Crippen molar-refractivity contribution in [3.8, 4) is 0 Å². The lowest BCUT2D eigenvalue weighted by Gasteiger charge is -2.36. The van der Waals surface area contributed by atoms with Crippen LogP contribution in [0.15, 0.2) is 48.7 Å². The van der Waals surface area contributed by atoms with Crippen LogP contribution in [0.25, 0.3) is 10.9 Å². The smallest absolute Gasteiger partial charge is 0.270 e. The fourth-order valence-corrected chi connectivity index (χ4v) is 5.23. The van der Waals surface area contributed by atoms with Crippen LogP contribution in [0.3, 0.4) is 0 Å². The van der Waals surface area contributed by atoms with Gasteiger partial charge in [0.05, 0.1) is 5.69 Å². The summed E-state index contributed by atoms with van der Waals surface area (Å²) >= 11 is 0. The molecule has 3 aromatic rings. The number of aromatic nitrogens is 2. The lowest BCUT2D eigenvalue weighted by Crippen LogP contribution is -2.40. The van der Waals surface area contributed by atoms with Gasteiger partial charge in [0.25, 0.3) is 5.91 Å². The maximum atomic E-state index is 15.5. The van der Waals surface area contributed by atoms with Crippen LogP contribution >= 0.6 is 0 Å². The number of nitrogens with one attached hydrogen (secondary N) is 1. The molecule has 0 bridgehead atoms. The molecule has 178 valence electrons. The summed E-state index contributed by atoms with van der Waals surface area (Å²) in [4.78, 5) is 23.8. The number of hydrogen-bond acceptors (Lipinski definition) is 4. The Morgan fingerprint density at radius 1 is 1.09 bits per heavy atom. The van der Waals surface area contributed by atoms with Gasteiger partial charge in [-0.15, -0.1) is 0 Å². The van der Waals surface area contributed by atoms with Crippen LogP contribution in [-0.2, 0) is 12.2 Å². The quantitative estimate of drug-likeness (QED) is 0.557. The molecule has 2 aliphatic rings. The van der Waals surface area contributed by atoms with E-state index in [1.165, 1.54) is 12.5 Å². The van der Waals surface area contributed by atoms with Crippen molar-refractivity contribution >= 4 is 16.8 Å². The zero-order valence-electron chi connectivity index (χ0n) is 19.3. The number of pyridine rings is 2. The summed E-state index contributed by atoms with van der Waals surface area (Å²) in [6.45, 7) is 1.61. The summed E-state index contributed by atoms with van der Waals surface area (Å²) < 4.78 is 30.2. The monoisotopic (exact) mass is 464 g/mol. The second-order valence-electron chi connectivity index (χ2n) is 9.57. The van der Waals surface area contributed by atoms with Gasteiger partial charge in [-0.2, -0.15) is 0 Å². The third-order valence-electron chi connectivity index (χ3n) is 7.22. The molecule has 1 aromatic carbocycles. The first-order valence-corrected chi connectivity index (χ1v) is 12.2. The predicted octanol–water partition coefficient (Wildman–Crippen LogP) is 5.29. The lowest BCUT2D eigenvalue weighted by molar-refractivity contribution is 0.0492. The molecule has 5 rings (SSSR count). The Bertz CT molecular complexity index is 1160. The molecule has 1 saturated carbocycles. The molecular formula is C27H30F2N4O. The molecule has 1 N–H and O–H groups in total. The Morgan fingerprint density at radius 3 is 2.62 bits per heavy atom. The van der Waals surface area contributed by atoms with Crippen LogP contribution in [0.4, 0.5) is 8.78 Å². The van der Waals surface area contributed by atoms with Gasteiger partial charge in [-0.3, -0.25) is 14.7 Å². The first-order valence-electron chi connectivity index (χ1n) is 12.2. The Hall–Kier alpha value is -2.93.